The van der Waals surface area contributed by atoms with Gasteiger partial charge in [-0.3, -0.25) is 0 Å². The minimum Gasteiger partial charge on any atom is -0.0620 e. The first kappa shape index (κ1) is 8.54. The molecular weight excluding hydrogens is 200 g/mol. The van der Waals surface area contributed by atoms with Gasteiger partial charge in [0.2, 0.25) is 0 Å². The molecule has 0 unspecified atom stereocenters. The average Bonchev–Trinajstić information content (AvgIpc) is 1.95. The molecule has 0 atom stereocenters. The molecule has 0 aromatic rings. The molecule has 1 rings (SSSR count). The lowest BCUT2D eigenvalue weighted by atomic mass is 10.1. The molecule has 0 radical (unpaired) electrons. The van der Waals surface area contributed by atoms with E-state index in [0.29, 0.717) is 0 Å². The zero-order valence-corrected chi connectivity index (χ0v) is 8.35. The fourth-order valence-corrected chi connectivity index (χ4v) is 1.34. The second kappa shape index (κ2) is 3.72. The summed E-state index contributed by atoms with van der Waals surface area (Å²) in [5.74, 6) is 0. The Kier molecular flexibility index (Phi) is 2.89. The number of rotatable bonds is 0. The van der Waals surface area contributed by atoms with Crippen LogP contribution in [0.15, 0.2) is 46.0 Å². The van der Waals surface area contributed by atoms with Crippen molar-refractivity contribution in [1.29, 1.82) is 0 Å². The predicted octanol–water partition coefficient (Wildman–Crippen LogP) is 3.73. The van der Waals surface area contributed by atoms with Gasteiger partial charge in [-0.15, -0.1) is 0 Å². The van der Waals surface area contributed by atoms with Crippen molar-refractivity contribution in [3.8, 4) is 0 Å². The second-order valence-corrected chi connectivity index (χ2v) is 3.49. The van der Waals surface area contributed by atoms with E-state index in [1.807, 2.05) is 6.08 Å². The first-order valence-electron chi connectivity index (χ1n) is 3.59. The van der Waals surface area contributed by atoms with Crippen LogP contribution in [0.3, 0.4) is 0 Å². The standard InChI is InChI=1S/C10H11Br/c1-8-5-3-4-6-9(2)10(11)7-8/h3-7H,1-2H3/b4-3-,5-3?,6-4?,8-5-,8-7?,9-6-,10-7+,10-9?. The van der Waals surface area contributed by atoms with Gasteiger partial charge in [-0.1, -0.05) is 45.8 Å². The molecule has 1 heteroatoms. The average molecular weight is 211 g/mol. The number of allylic oxidation sites excluding steroid dienone is 8. The van der Waals surface area contributed by atoms with E-state index >= 15 is 0 Å². The SMILES string of the molecule is CC1=C/C=C\C=C(C)/C(Br)=C\1. The highest BCUT2D eigenvalue weighted by Gasteiger charge is 1.94. The molecule has 0 spiro atoms. The maximum absolute atomic E-state index is 3.50. The lowest BCUT2D eigenvalue weighted by Gasteiger charge is -2.00. The molecule has 0 aliphatic heterocycles. The van der Waals surface area contributed by atoms with E-state index in [4.69, 9.17) is 0 Å². The Hall–Kier alpha value is -0.560. The van der Waals surface area contributed by atoms with Crippen molar-refractivity contribution < 1.29 is 0 Å². The maximum Gasteiger partial charge on any atom is 0.0207 e. The first-order chi connectivity index (χ1) is 5.20. The Morgan fingerprint density at radius 1 is 1.09 bits per heavy atom. The minimum absolute atomic E-state index is 1.16. The van der Waals surface area contributed by atoms with E-state index in [0.717, 1.165) is 4.48 Å². The zero-order chi connectivity index (χ0) is 8.27. The third kappa shape index (κ3) is 2.51. The smallest absolute Gasteiger partial charge is 0.0207 e. The normalized spacial score (nSPS) is 35.0. The molecule has 0 N–H and O–H groups in total. The third-order valence-corrected chi connectivity index (χ3v) is 2.40. The van der Waals surface area contributed by atoms with Gasteiger partial charge in [0.25, 0.3) is 0 Å². The van der Waals surface area contributed by atoms with Crippen LogP contribution in [0.1, 0.15) is 13.8 Å². The molecule has 58 valence electrons. The van der Waals surface area contributed by atoms with Crippen molar-refractivity contribution in [3.05, 3.63) is 46.0 Å². The van der Waals surface area contributed by atoms with Gasteiger partial charge in [-0.2, -0.15) is 0 Å². The van der Waals surface area contributed by atoms with E-state index in [2.05, 4.69) is 54.1 Å². The molecule has 0 aromatic heterocycles. The van der Waals surface area contributed by atoms with E-state index in [1.165, 1.54) is 11.1 Å². The van der Waals surface area contributed by atoms with Crippen molar-refractivity contribution in [2.24, 2.45) is 0 Å². The lowest BCUT2D eigenvalue weighted by molar-refractivity contribution is 1.44. The number of hydrogen-bond acceptors (Lipinski definition) is 0. The van der Waals surface area contributed by atoms with Crippen LogP contribution in [-0.2, 0) is 0 Å². The van der Waals surface area contributed by atoms with Crippen LogP contribution in [0.2, 0.25) is 0 Å². The van der Waals surface area contributed by atoms with Crippen molar-refractivity contribution in [3.63, 3.8) is 0 Å². The molecule has 0 aromatic carbocycles. The maximum atomic E-state index is 3.50. The summed E-state index contributed by atoms with van der Waals surface area (Å²) < 4.78 is 1.16. The van der Waals surface area contributed by atoms with Crippen LogP contribution in [-0.4, -0.2) is 0 Å². The molecule has 1 aliphatic carbocycles. The Balaban J connectivity index is 3.00. The summed E-state index contributed by atoms with van der Waals surface area (Å²) in [6.07, 6.45) is 10.4. The second-order valence-electron chi connectivity index (χ2n) is 2.64. The van der Waals surface area contributed by atoms with Gasteiger partial charge in [0.15, 0.2) is 0 Å². The topological polar surface area (TPSA) is 0 Å². The van der Waals surface area contributed by atoms with Gasteiger partial charge in [0.05, 0.1) is 0 Å². The summed E-state index contributed by atoms with van der Waals surface area (Å²) in [5, 5.41) is 0. The molecule has 11 heavy (non-hydrogen) atoms. The van der Waals surface area contributed by atoms with Gasteiger partial charge in [0.1, 0.15) is 0 Å². The van der Waals surface area contributed by atoms with Gasteiger partial charge in [-0.25, -0.2) is 0 Å². The summed E-state index contributed by atoms with van der Waals surface area (Å²) in [5.41, 5.74) is 2.52. The largest absolute Gasteiger partial charge is 0.0620 e. The first-order valence-corrected chi connectivity index (χ1v) is 4.39. The Labute approximate surface area is 76.1 Å². The molecule has 0 saturated heterocycles. The van der Waals surface area contributed by atoms with Crippen molar-refractivity contribution >= 4 is 15.9 Å². The van der Waals surface area contributed by atoms with Crippen LogP contribution in [0, 0.1) is 0 Å². The Morgan fingerprint density at radius 3 is 2.45 bits per heavy atom. The Bertz CT molecular complexity index is 265. The predicted molar refractivity (Wildman–Crippen MR) is 53.7 cm³/mol. The fraction of sp³-hybridized carbons (Fsp3) is 0.200. The quantitative estimate of drug-likeness (QED) is 0.572. The molecule has 0 fully saturated rings. The summed E-state index contributed by atoms with van der Waals surface area (Å²) in [4.78, 5) is 0. The molecule has 0 bridgehead atoms. The molecule has 0 heterocycles. The van der Waals surface area contributed by atoms with Crippen molar-refractivity contribution in [2.45, 2.75) is 13.8 Å². The summed E-state index contributed by atoms with van der Waals surface area (Å²) in [6, 6.07) is 0. The van der Waals surface area contributed by atoms with Crippen molar-refractivity contribution in [2.75, 3.05) is 0 Å². The monoisotopic (exact) mass is 210 g/mol. The number of hydrogen-bond donors (Lipinski definition) is 0. The van der Waals surface area contributed by atoms with Gasteiger partial charge >= 0.3 is 0 Å². The number of halogens is 1. The molecule has 0 amide bonds. The summed E-state index contributed by atoms with van der Waals surface area (Å²) in [7, 11) is 0. The van der Waals surface area contributed by atoms with E-state index in [9.17, 15) is 0 Å². The van der Waals surface area contributed by atoms with Crippen LogP contribution < -0.4 is 0 Å². The van der Waals surface area contributed by atoms with E-state index < -0.39 is 0 Å². The molecule has 0 saturated carbocycles. The molecular formula is C10H11Br. The van der Waals surface area contributed by atoms with Crippen molar-refractivity contribution in [1.82, 2.24) is 0 Å². The lowest BCUT2D eigenvalue weighted by Crippen LogP contribution is -1.78. The van der Waals surface area contributed by atoms with Crippen LogP contribution in [0.5, 0.6) is 0 Å². The summed E-state index contributed by atoms with van der Waals surface area (Å²) >= 11 is 3.50. The van der Waals surface area contributed by atoms with Gasteiger partial charge in [-0.05, 0) is 25.5 Å². The van der Waals surface area contributed by atoms with E-state index in [-0.39, 0.29) is 0 Å². The summed E-state index contributed by atoms with van der Waals surface area (Å²) in [6.45, 7) is 4.17. The fourth-order valence-electron chi connectivity index (χ4n) is 0.849. The highest BCUT2D eigenvalue weighted by atomic mass is 79.9. The van der Waals surface area contributed by atoms with Gasteiger partial charge in [0, 0.05) is 4.48 Å². The van der Waals surface area contributed by atoms with Crippen LogP contribution >= 0.6 is 15.9 Å². The third-order valence-electron chi connectivity index (χ3n) is 1.55. The van der Waals surface area contributed by atoms with Crippen LogP contribution in [0.25, 0.3) is 0 Å². The van der Waals surface area contributed by atoms with Crippen LogP contribution in [0.4, 0.5) is 0 Å². The Morgan fingerprint density at radius 2 is 1.73 bits per heavy atom. The minimum atomic E-state index is 1.16. The van der Waals surface area contributed by atoms with Gasteiger partial charge < -0.3 is 0 Å². The van der Waals surface area contributed by atoms with E-state index in [1.54, 1.807) is 0 Å². The highest BCUT2D eigenvalue weighted by molar-refractivity contribution is 9.12. The molecule has 1 aliphatic rings. The zero-order valence-electron chi connectivity index (χ0n) is 6.76. The highest BCUT2D eigenvalue weighted by Crippen LogP contribution is 2.20. The molecule has 0 nitrogen and oxygen atoms in total.